The highest BCUT2D eigenvalue weighted by molar-refractivity contribution is 9.10. The van der Waals surface area contributed by atoms with Gasteiger partial charge in [-0.1, -0.05) is 0 Å². The number of rotatable bonds is 1. The summed E-state index contributed by atoms with van der Waals surface area (Å²) in [5, 5.41) is 4.09. The third kappa shape index (κ3) is 1.57. The molecule has 0 radical (unpaired) electrons. The van der Waals surface area contributed by atoms with E-state index in [1.165, 1.54) is 12.1 Å². The van der Waals surface area contributed by atoms with Crippen LogP contribution in [-0.4, -0.2) is 9.78 Å². The maximum absolute atomic E-state index is 12.7. The topological polar surface area (TPSA) is 17.8 Å². The van der Waals surface area contributed by atoms with Crippen LogP contribution in [0.1, 0.15) is 0 Å². The van der Waals surface area contributed by atoms with Gasteiger partial charge in [-0.2, -0.15) is 5.10 Å². The molecule has 0 saturated carbocycles. The zero-order valence-corrected chi connectivity index (χ0v) is 9.12. The average Bonchev–Trinajstić information content (AvgIpc) is 2.49. The third-order valence-electron chi connectivity index (χ3n) is 2.01. The summed E-state index contributed by atoms with van der Waals surface area (Å²) in [5.74, 6) is -0.230. The van der Waals surface area contributed by atoms with Gasteiger partial charge in [0.25, 0.3) is 0 Å². The Kier molecular flexibility index (Phi) is 2.37. The second-order valence-electron chi connectivity index (χ2n) is 2.97. The van der Waals surface area contributed by atoms with E-state index in [-0.39, 0.29) is 5.82 Å². The largest absolute Gasteiger partial charge is 0.267 e. The van der Waals surface area contributed by atoms with Crippen LogP contribution in [0.3, 0.4) is 0 Å². The molecule has 1 aromatic carbocycles. The van der Waals surface area contributed by atoms with Gasteiger partial charge in [-0.3, -0.25) is 4.68 Å². The molecule has 0 amide bonds. The van der Waals surface area contributed by atoms with Crippen molar-refractivity contribution < 1.29 is 4.39 Å². The SMILES string of the molecule is Cn1ncc(Br)c1-c1ccc(F)cc1. The molecule has 0 unspecified atom stereocenters. The lowest BCUT2D eigenvalue weighted by atomic mass is 10.1. The van der Waals surface area contributed by atoms with Crippen LogP contribution in [0.2, 0.25) is 0 Å². The molecule has 14 heavy (non-hydrogen) atoms. The minimum atomic E-state index is -0.230. The summed E-state index contributed by atoms with van der Waals surface area (Å²) >= 11 is 3.40. The molecule has 4 heteroatoms. The van der Waals surface area contributed by atoms with Crippen molar-refractivity contribution in [1.82, 2.24) is 9.78 Å². The first kappa shape index (κ1) is 9.40. The van der Waals surface area contributed by atoms with E-state index in [9.17, 15) is 4.39 Å². The van der Waals surface area contributed by atoms with Crippen molar-refractivity contribution in [3.8, 4) is 11.3 Å². The maximum Gasteiger partial charge on any atom is 0.123 e. The van der Waals surface area contributed by atoms with E-state index in [4.69, 9.17) is 0 Å². The van der Waals surface area contributed by atoms with Crippen molar-refractivity contribution in [3.05, 3.63) is 40.8 Å². The van der Waals surface area contributed by atoms with E-state index in [2.05, 4.69) is 21.0 Å². The summed E-state index contributed by atoms with van der Waals surface area (Å²) in [6.45, 7) is 0. The molecule has 0 aliphatic carbocycles. The number of aryl methyl sites for hydroxylation is 1. The van der Waals surface area contributed by atoms with Crippen LogP contribution >= 0.6 is 15.9 Å². The third-order valence-corrected chi connectivity index (χ3v) is 2.59. The molecule has 0 spiro atoms. The molecule has 0 saturated heterocycles. The van der Waals surface area contributed by atoms with Gasteiger partial charge < -0.3 is 0 Å². The zero-order chi connectivity index (χ0) is 10.1. The quantitative estimate of drug-likeness (QED) is 0.765. The molecule has 1 heterocycles. The Morgan fingerprint density at radius 1 is 1.29 bits per heavy atom. The lowest BCUT2D eigenvalue weighted by Gasteiger charge is -2.02. The predicted octanol–water partition coefficient (Wildman–Crippen LogP) is 2.99. The van der Waals surface area contributed by atoms with Crippen LogP contribution in [0.5, 0.6) is 0 Å². The van der Waals surface area contributed by atoms with E-state index < -0.39 is 0 Å². The number of hydrogen-bond donors (Lipinski definition) is 0. The molecular formula is C10H8BrFN2. The fourth-order valence-corrected chi connectivity index (χ4v) is 1.92. The van der Waals surface area contributed by atoms with Gasteiger partial charge in [-0.25, -0.2) is 4.39 Å². The van der Waals surface area contributed by atoms with E-state index >= 15 is 0 Å². The van der Waals surface area contributed by atoms with E-state index in [0.29, 0.717) is 0 Å². The number of halogens is 2. The van der Waals surface area contributed by atoms with Crippen molar-refractivity contribution in [3.63, 3.8) is 0 Å². The Hall–Kier alpha value is -1.16. The average molecular weight is 255 g/mol. The first-order chi connectivity index (χ1) is 6.68. The number of aromatic nitrogens is 2. The Morgan fingerprint density at radius 2 is 1.93 bits per heavy atom. The number of nitrogens with zero attached hydrogens (tertiary/aromatic N) is 2. The molecule has 2 aromatic rings. The molecule has 0 bridgehead atoms. The highest BCUT2D eigenvalue weighted by Crippen LogP contribution is 2.27. The molecule has 0 fully saturated rings. The van der Waals surface area contributed by atoms with Crippen LogP contribution in [0, 0.1) is 5.82 Å². The van der Waals surface area contributed by atoms with Gasteiger partial charge in [0.1, 0.15) is 5.82 Å². The Morgan fingerprint density at radius 3 is 2.43 bits per heavy atom. The van der Waals surface area contributed by atoms with Crippen LogP contribution < -0.4 is 0 Å². The summed E-state index contributed by atoms with van der Waals surface area (Å²) in [7, 11) is 1.85. The fourth-order valence-electron chi connectivity index (χ4n) is 1.34. The smallest absolute Gasteiger partial charge is 0.123 e. The van der Waals surface area contributed by atoms with Crippen molar-refractivity contribution in [2.45, 2.75) is 0 Å². The van der Waals surface area contributed by atoms with E-state index in [1.807, 2.05) is 7.05 Å². The van der Waals surface area contributed by atoms with Crippen LogP contribution in [0.15, 0.2) is 34.9 Å². The Labute approximate surface area is 89.5 Å². The minimum absolute atomic E-state index is 0.230. The van der Waals surface area contributed by atoms with Crippen LogP contribution in [0.25, 0.3) is 11.3 Å². The van der Waals surface area contributed by atoms with Gasteiger partial charge in [-0.15, -0.1) is 0 Å². The van der Waals surface area contributed by atoms with Gasteiger partial charge in [0.05, 0.1) is 16.4 Å². The molecular weight excluding hydrogens is 247 g/mol. The normalized spacial score (nSPS) is 10.5. The molecule has 2 nitrogen and oxygen atoms in total. The standard InChI is InChI=1S/C10H8BrFN2/c1-14-10(9(11)6-13-14)7-2-4-8(12)5-3-7/h2-6H,1H3. The monoisotopic (exact) mass is 254 g/mol. The summed E-state index contributed by atoms with van der Waals surface area (Å²) in [4.78, 5) is 0. The summed E-state index contributed by atoms with van der Waals surface area (Å²) < 4.78 is 15.4. The maximum atomic E-state index is 12.7. The van der Waals surface area contributed by atoms with E-state index in [0.717, 1.165) is 15.7 Å². The summed E-state index contributed by atoms with van der Waals surface area (Å²) in [5.41, 5.74) is 1.89. The Balaban J connectivity index is 2.54. The highest BCUT2D eigenvalue weighted by atomic mass is 79.9. The summed E-state index contributed by atoms with van der Waals surface area (Å²) in [6, 6.07) is 6.34. The van der Waals surface area contributed by atoms with Crippen LogP contribution in [0.4, 0.5) is 4.39 Å². The summed E-state index contributed by atoms with van der Waals surface area (Å²) in [6.07, 6.45) is 1.72. The Bertz CT molecular complexity index is 428. The highest BCUT2D eigenvalue weighted by Gasteiger charge is 2.07. The lowest BCUT2D eigenvalue weighted by Crippen LogP contribution is -1.93. The number of hydrogen-bond acceptors (Lipinski definition) is 1. The van der Waals surface area contributed by atoms with E-state index in [1.54, 1.807) is 23.0 Å². The number of benzene rings is 1. The van der Waals surface area contributed by atoms with Gasteiger partial charge in [0.2, 0.25) is 0 Å². The zero-order valence-electron chi connectivity index (χ0n) is 7.54. The van der Waals surface area contributed by atoms with Crippen molar-refractivity contribution in [2.75, 3.05) is 0 Å². The molecule has 0 atom stereocenters. The predicted molar refractivity (Wildman–Crippen MR) is 56.3 cm³/mol. The molecule has 0 N–H and O–H groups in total. The van der Waals surface area contributed by atoms with Crippen molar-refractivity contribution in [2.24, 2.45) is 7.05 Å². The van der Waals surface area contributed by atoms with Gasteiger partial charge in [0, 0.05) is 12.6 Å². The minimum Gasteiger partial charge on any atom is -0.267 e. The molecule has 1 aromatic heterocycles. The lowest BCUT2D eigenvalue weighted by molar-refractivity contribution is 0.628. The molecule has 72 valence electrons. The molecule has 0 aliphatic rings. The molecule has 2 rings (SSSR count). The van der Waals surface area contributed by atoms with Gasteiger partial charge in [-0.05, 0) is 40.2 Å². The van der Waals surface area contributed by atoms with Crippen molar-refractivity contribution >= 4 is 15.9 Å². The second kappa shape index (κ2) is 3.53. The first-order valence-corrected chi connectivity index (χ1v) is 4.91. The van der Waals surface area contributed by atoms with Gasteiger partial charge in [0.15, 0.2) is 0 Å². The van der Waals surface area contributed by atoms with Crippen LogP contribution in [-0.2, 0) is 7.05 Å². The van der Waals surface area contributed by atoms with Crippen molar-refractivity contribution in [1.29, 1.82) is 0 Å². The second-order valence-corrected chi connectivity index (χ2v) is 3.83. The van der Waals surface area contributed by atoms with Gasteiger partial charge >= 0.3 is 0 Å². The fraction of sp³-hybridized carbons (Fsp3) is 0.100. The molecule has 0 aliphatic heterocycles. The first-order valence-electron chi connectivity index (χ1n) is 4.12.